The standard InChI is InChI=1S/C16H18F3NO4/c1-9(15(22)23)8-20(2)14(21)12-7-11(12)10-5-3-4-6-13(10)24-16(17,18)19/h3-6,9,11-12H,7-8H2,1-2H3,(H,22,23)/t9-,11-,12+/m1/s1. The van der Waals surface area contributed by atoms with Gasteiger partial charge in [0.2, 0.25) is 5.91 Å². The summed E-state index contributed by atoms with van der Waals surface area (Å²) in [5.74, 6) is -3.09. The van der Waals surface area contributed by atoms with Crippen molar-refractivity contribution in [2.45, 2.75) is 25.6 Å². The number of rotatable bonds is 6. The maximum atomic E-state index is 12.5. The maximum Gasteiger partial charge on any atom is 0.573 e. The first-order chi connectivity index (χ1) is 11.1. The van der Waals surface area contributed by atoms with Crippen LogP contribution in [0.15, 0.2) is 24.3 Å². The van der Waals surface area contributed by atoms with Gasteiger partial charge in [0.25, 0.3) is 0 Å². The first-order valence-corrected chi connectivity index (χ1v) is 7.42. The van der Waals surface area contributed by atoms with Crippen LogP contribution in [0, 0.1) is 11.8 Å². The molecule has 0 aliphatic heterocycles. The van der Waals surface area contributed by atoms with Crippen molar-refractivity contribution in [1.82, 2.24) is 4.90 Å². The molecule has 1 saturated carbocycles. The number of benzene rings is 1. The molecule has 1 fully saturated rings. The van der Waals surface area contributed by atoms with Crippen LogP contribution in [0.2, 0.25) is 0 Å². The number of ether oxygens (including phenoxy) is 1. The van der Waals surface area contributed by atoms with Crippen molar-refractivity contribution in [3.8, 4) is 5.75 Å². The number of amides is 1. The number of carboxylic acids is 1. The van der Waals surface area contributed by atoms with Crippen LogP contribution >= 0.6 is 0 Å². The highest BCUT2D eigenvalue weighted by molar-refractivity contribution is 5.83. The number of carboxylic acid groups (broad SMARTS) is 1. The van der Waals surface area contributed by atoms with Crippen LogP contribution < -0.4 is 4.74 Å². The Hall–Kier alpha value is -2.25. The van der Waals surface area contributed by atoms with Crippen LogP contribution in [0.5, 0.6) is 5.75 Å². The zero-order valence-corrected chi connectivity index (χ0v) is 13.2. The summed E-state index contributed by atoms with van der Waals surface area (Å²) in [6, 6.07) is 5.76. The molecular formula is C16H18F3NO4. The molecule has 0 aromatic heterocycles. The van der Waals surface area contributed by atoms with Crippen molar-refractivity contribution in [2.24, 2.45) is 11.8 Å². The number of aliphatic carboxylic acids is 1. The molecule has 0 spiro atoms. The van der Waals surface area contributed by atoms with Gasteiger partial charge in [-0.25, -0.2) is 0 Å². The topological polar surface area (TPSA) is 66.8 Å². The smallest absolute Gasteiger partial charge is 0.481 e. The predicted octanol–water partition coefficient (Wildman–Crippen LogP) is 2.87. The first-order valence-electron chi connectivity index (χ1n) is 7.42. The van der Waals surface area contributed by atoms with Gasteiger partial charge in [-0.05, 0) is 24.0 Å². The van der Waals surface area contributed by atoms with Crippen LogP contribution in [0.1, 0.15) is 24.8 Å². The molecule has 1 aromatic carbocycles. The van der Waals surface area contributed by atoms with Crippen molar-refractivity contribution in [3.63, 3.8) is 0 Å². The van der Waals surface area contributed by atoms with Crippen LogP contribution in [-0.2, 0) is 9.59 Å². The van der Waals surface area contributed by atoms with E-state index in [-0.39, 0.29) is 24.1 Å². The Labute approximate surface area is 137 Å². The minimum Gasteiger partial charge on any atom is -0.481 e. The monoisotopic (exact) mass is 345 g/mol. The number of halogens is 3. The zero-order chi connectivity index (χ0) is 18.1. The Morgan fingerprint density at radius 2 is 2.00 bits per heavy atom. The quantitative estimate of drug-likeness (QED) is 0.861. The summed E-state index contributed by atoms with van der Waals surface area (Å²) < 4.78 is 41.4. The van der Waals surface area contributed by atoms with Crippen LogP contribution in [-0.4, -0.2) is 41.8 Å². The third-order valence-electron chi connectivity index (χ3n) is 4.00. The molecule has 0 bridgehead atoms. The molecule has 8 heteroatoms. The van der Waals surface area contributed by atoms with Crippen molar-refractivity contribution in [2.75, 3.05) is 13.6 Å². The lowest BCUT2D eigenvalue weighted by molar-refractivity contribution is -0.274. The third-order valence-corrected chi connectivity index (χ3v) is 4.00. The molecule has 132 valence electrons. The molecule has 1 aliphatic carbocycles. The number of carbonyl (C=O) groups excluding carboxylic acids is 1. The van der Waals surface area contributed by atoms with Gasteiger partial charge in [-0.15, -0.1) is 13.2 Å². The van der Waals surface area contributed by atoms with Gasteiger partial charge >= 0.3 is 12.3 Å². The molecule has 0 unspecified atom stereocenters. The van der Waals surface area contributed by atoms with Gasteiger partial charge in [0.15, 0.2) is 0 Å². The number of carbonyl (C=O) groups is 2. The summed E-state index contributed by atoms with van der Waals surface area (Å²) in [6.07, 6.45) is -4.37. The number of hydrogen-bond donors (Lipinski definition) is 1. The fourth-order valence-corrected chi connectivity index (χ4v) is 2.68. The summed E-state index contributed by atoms with van der Waals surface area (Å²) in [4.78, 5) is 24.5. The molecule has 0 radical (unpaired) electrons. The second-order valence-electron chi connectivity index (χ2n) is 5.99. The predicted molar refractivity (Wildman–Crippen MR) is 78.4 cm³/mol. The van der Waals surface area contributed by atoms with E-state index in [0.717, 1.165) is 0 Å². The third kappa shape index (κ3) is 4.39. The molecule has 0 saturated heterocycles. The van der Waals surface area contributed by atoms with Crippen LogP contribution in [0.3, 0.4) is 0 Å². The van der Waals surface area contributed by atoms with Gasteiger partial charge in [0.1, 0.15) is 5.75 Å². The minimum atomic E-state index is -4.79. The average molecular weight is 345 g/mol. The normalized spacial score (nSPS) is 21.0. The lowest BCUT2D eigenvalue weighted by atomic mass is 10.1. The van der Waals surface area contributed by atoms with E-state index in [1.807, 2.05) is 0 Å². The summed E-state index contributed by atoms with van der Waals surface area (Å²) in [5, 5.41) is 8.88. The van der Waals surface area contributed by atoms with E-state index in [4.69, 9.17) is 5.11 Å². The zero-order valence-electron chi connectivity index (χ0n) is 13.2. The Morgan fingerprint density at radius 3 is 2.58 bits per heavy atom. The number of hydrogen-bond acceptors (Lipinski definition) is 3. The van der Waals surface area contributed by atoms with Gasteiger partial charge in [0, 0.05) is 19.5 Å². The van der Waals surface area contributed by atoms with Crippen molar-refractivity contribution in [1.29, 1.82) is 0 Å². The number of alkyl halides is 3. The van der Waals surface area contributed by atoms with Gasteiger partial charge < -0.3 is 14.7 Å². The molecular weight excluding hydrogens is 327 g/mol. The number of nitrogens with zero attached hydrogens (tertiary/aromatic N) is 1. The lowest BCUT2D eigenvalue weighted by Gasteiger charge is -2.20. The molecule has 1 N–H and O–H groups in total. The van der Waals surface area contributed by atoms with Gasteiger partial charge in [0.05, 0.1) is 5.92 Å². The largest absolute Gasteiger partial charge is 0.573 e. The average Bonchev–Trinajstić information content (AvgIpc) is 3.25. The molecule has 0 heterocycles. The summed E-state index contributed by atoms with van der Waals surface area (Å²) in [5.41, 5.74) is 0.341. The highest BCUT2D eigenvalue weighted by Crippen LogP contribution is 2.51. The minimum absolute atomic E-state index is 0.0537. The van der Waals surface area contributed by atoms with E-state index in [1.54, 1.807) is 6.07 Å². The second-order valence-corrected chi connectivity index (χ2v) is 5.99. The Kier molecular flexibility index (Phi) is 5.05. The summed E-state index contributed by atoms with van der Waals surface area (Å²) in [6.45, 7) is 1.54. The maximum absolute atomic E-state index is 12.5. The second kappa shape index (κ2) is 6.70. The van der Waals surface area contributed by atoms with E-state index >= 15 is 0 Å². The van der Waals surface area contributed by atoms with Crippen LogP contribution in [0.25, 0.3) is 0 Å². The summed E-state index contributed by atoms with van der Waals surface area (Å²) >= 11 is 0. The van der Waals surface area contributed by atoms with E-state index in [9.17, 15) is 22.8 Å². The molecule has 1 amide bonds. The van der Waals surface area contributed by atoms with E-state index in [1.165, 1.54) is 37.1 Å². The van der Waals surface area contributed by atoms with Gasteiger partial charge in [-0.3, -0.25) is 9.59 Å². The van der Waals surface area contributed by atoms with Crippen molar-refractivity contribution < 1.29 is 32.6 Å². The SMILES string of the molecule is C[C@H](CN(C)C(=O)[C@H]1C[C@@H]1c1ccccc1OC(F)(F)F)C(=O)O. The molecule has 1 aliphatic rings. The lowest BCUT2D eigenvalue weighted by Crippen LogP contribution is -2.34. The molecule has 5 nitrogen and oxygen atoms in total. The fraction of sp³-hybridized carbons (Fsp3) is 0.500. The molecule has 24 heavy (non-hydrogen) atoms. The Balaban J connectivity index is 2.05. The molecule has 2 rings (SSSR count). The first kappa shape index (κ1) is 18.1. The summed E-state index contributed by atoms with van der Waals surface area (Å²) in [7, 11) is 1.50. The Morgan fingerprint density at radius 1 is 1.38 bits per heavy atom. The van der Waals surface area contributed by atoms with Crippen molar-refractivity contribution >= 4 is 11.9 Å². The Bertz CT molecular complexity index is 632. The fourth-order valence-electron chi connectivity index (χ4n) is 2.68. The van der Waals surface area contributed by atoms with E-state index < -0.39 is 24.2 Å². The van der Waals surface area contributed by atoms with Gasteiger partial charge in [-0.1, -0.05) is 25.1 Å². The highest BCUT2D eigenvalue weighted by Gasteiger charge is 2.47. The van der Waals surface area contributed by atoms with Gasteiger partial charge in [-0.2, -0.15) is 0 Å². The molecule has 3 atom stereocenters. The van der Waals surface area contributed by atoms with Crippen LogP contribution in [0.4, 0.5) is 13.2 Å². The van der Waals surface area contributed by atoms with Crippen molar-refractivity contribution in [3.05, 3.63) is 29.8 Å². The van der Waals surface area contributed by atoms with E-state index in [0.29, 0.717) is 12.0 Å². The van der Waals surface area contributed by atoms with E-state index in [2.05, 4.69) is 4.74 Å². The molecule has 1 aromatic rings. The highest BCUT2D eigenvalue weighted by atomic mass is 19.4. The number of para-hydroxylation sites is 1.